The highest BCUT2D eigenvalue weighted by Crippen LogP contribution is 2.22. The summed E-state index contributed by atoms with van der Waals surface area (Å²) in [6.07, 6.45) is 1.97. The molecule has 0 amide bonds. The Morgan fingerprint density at radius 3 is 2.75 bits per heavy atom. The van der Waals surface area contributed by atoms with Crippen LogP contribution in [0, 0.1) is 6.92 Å². The summed E-state index contributed by atoms with van der Waals surface area (Å²) in [6.45, 7) is 2.05. The molecule has 0 aliphatic rings. The van der Waals surface area contributed by atoms with E-state index in [9.17, 15) is 0 Å². The third-order valence-electron chi connectivity index (χ3n) is 1.94. The molecule has 0 aliphatic carbocycles. The Balaban J connectivity index is 0.000000720. The van der Waals surface area contributed by atoms with Crippen molar-refractivity contribution in [3.8, 4) is 0 Å². The number of fused-ring (bicyclic) bond motifs is 1. The van der Waals surface area contributed by atoms with Gasteiger partial charge >= 0.3 is 0 Å². The van der Waals surface area contributed by atoms with Crippen LogP contribution in [-0.2, 0) is 0 Å². The third kappa shape index (κ3) is 1.05. The summed E-state index contributed by atoms with van der Waals surface area (Å²) in [5.41, 5.74) is 8.95. The lowest BCUT2D eigenvalue weighted by Crippen LogP contribution is -1.84. The van der Waals surface area contributed by atoms with E-state index >= 15 is 0 Å². The van der Waals surface area contributed by atoms with Crippen molar-refractivity contribution in [3.05, 3.63) is 30.0 Å². The Bertz CT molecular complexity index is 388. The first-order chi connectivity index (χ1) is 5.29. The third-order valence-corrected chi connectivity index (χ3v) is 1.94. The van der Waals surface area contributed by atoms with Crippen molar-refractivity contribution in [2.75, 3.05) is 5.73 Å². The van der Waals surface area contributed by atoms with Crippen LogP contribution < -0.4 is 5.73 Å². The molecule has 64 valence electrons. The molecule has 0 bridgehead atoms. The zero-order chi connectivity index (χ0) is 7.84. The van der Waals surface area contributed by atoms with Crippen molar-refractivity contribution in [2.45, 2.75) is 14.4 Å². The lowest BCUT2D eigenvalue weighted by Gasteiger charge is -1.95. The summed E-state index contributed by atoms with van der Waals surface area (Å²) in [7, 11) is 0. The Kier molecular flexibility index (Phi) is 2.09. The highest BCUT2D eigenvalue weighted by atomic mass is 14.7. The highest BCUT2D eigenvalue weighted by Gasteiger charge is 2.00. The zero-order valence-electron chi connectivity index (χ0n) is 6.39. The van der Waals surface area contributed by atoms with Gasteiger partial charge < -0.3 is 10.7 Å². The molecule has 2 nitrogen and oxygen atoms in total. The SMILES string of the molecule is C.Cc1c[nH]c2cccc(N)c12. The average molecular weight is 162 g/mol. The number of hydrogen-bond donors (Lipinski definition) is 2. The number of aromatic nitrogens is 1. The molecular formula is C10H14N2. The predicted octanol–water partition coefficient (Wildman–Crippen LogP) is 2.69. The molecule has 2 aromatic rings. The van der Waals surface area contributed by atoms with Gasteiger partial charge in [-0.15, -0.1) is 0 Å². The largest absolute Gasteiger partial charge is 0.398 e. The summed E-state index contributed by atoms with van der Waals surface area (Å²) >= 11 is 0. The van der Waals surface area contributed by atoms with Gasteiger partial charge in [0.2, 0.25) is 0 Å². The molecule has 1 aromatic heterocycles. The number of aryl methyl sites for hydroxylation is 1. The first kappa shape index (κ1) is 8.65. The smallest absolute Gasteiger partial charge is 0.0477 e. The van der Waals surface area contributed by atoms with Gasteiger partial charge in [0.15, 0.2) is 0 Å². The van der Waals surface area contributed by atoms with E-state index in [-0.39, 0.29) is 7.43 Å². The molecular weight excluding hydrogens is 148 g/mol. The number of nitrogens with two attached hydrogens (primary N) is 1. The minimum absolute atomic E-state index is 0. The van der Waals surface area contributed by atoms with E-state index in [1.807, 2.05) is 24.4 Å². The van der Waals surface area contributed by atoms with Crippen molar-refractivity contribution < 1.29 is 0 Å². The molecule has 1 aromatic carbocycles. The van der Waals surface area contributed by atoms with Crippen LogP contribution in [0.1, 0.15) is 13.0 Å². The van der Waals surface area contributed by atoms with Gasteiger partial charge in [0.1, 0.15) is 0 Å². The van der Waals surface area contributed by atoms with Crippen LogP contribution in [0.4, 0.5) is 5.69 Å². The summed E-state index contributed by atoms with van der Waals surface area (Å²) in [5.74, 6) is 0. The maximum atomic E-state index is 5.78. The number of nitrogen functional groups attached to an aromatic ring is 1. The van der Waals surface area contributed by atoms with Crippen molar-refractivity contribution in [2.24, 2.45) is 0 Å². The predicted molar refractivity (Wildman–Crippen MR) is 54.2 cm³/mol. The Hall–Kier alpha value is -1.44. The summed E-state index contributed by atoms with van der Waals surface area (Å²) in [6, 6.07) is 5.90. The number of anilines is 1. The first-order valence-corrected chi connectivity index (χ1v) is 3.61. The van der Waals surface area contributed by atoms with Crippen molar-refractivity contribution in [1.29, 1.82) is 0 Å². The van der Waals surface area contributed by atoms with Crippen LogP contribution in [0.5, 0.6) is 0 Å². The number of rotatable bonds is 0. The number of benzene rings is 1. The lowest BCUT2D eigenvalue weighted by molar-refractivity contribution is 1.43. The fraction of sp³-hybridized carbons (Fsp3) is 0.200. The fourth-order valence-electron chi connectivity index (χ4n) is 1.39. The van der Waals surface area contributed by atoms with E-state index in [0.29, 0.717) is 0 Å². The van der Waals surface area contributed by atoms with E-state index in [1.54, 1.807) is 0 Å². The van der Waals surface area contributed by atoms with Crippen LogP contribution in [0.15, 0.2) is 24.4 Å². The van der Waals surface area contributed by atoms with Crippen molar-refractivity contribution in [1.82, 2.24) is 4.98 Å². The molecule has 0 saturated carbocycles. The fourth-order valence-corrected chi connectivity index (χ4v) is 1.39. The van der Waals surface area contributed by atoms with Crippen LogP contribution in [0.3, 0.4) is 0 Å². The summed E-state index contributed by atoms with van der Waals surface area (Å²) in [4.78, 5) is 3.15. The summed E-state index contributed by atoms with van der Waals surface area (Å²) < 4.78 is 0. The number of hydrogen-bond acceptors (Lipinski definition) is 1. The second kappa shape index (κ2) is 2.89. The van der Waals surface area contributed by atoms with Crippen LogP contribution in [0.2, 0.25) is 0 Å². The molecule has 0 aliphatic heterocycles. The van der Waals surface area contributed by atoms with Gasteiger partial charge in [-0.05, 0) is 24.6 Å². The van der Waals surface area contributed by atoms with Crippen LogP contribution >= 0.6 is 0 Å². The van der Waals surface area contributed by atoms with Crippen molar-refractivity contribution in [3.63, 3.8) is 0 Å². The zero-order valence-corrected chi connectivity index (χ0v) is 6.39. The molecule has 0 atom stereocenters. The molecule has 0 radical (unpaired) electrons. The highest BCUT2D eigenvalue weighted by molar-refractivity contribution is 5.93. The second-order valence-corrected chi connectivity index (χ2v) is 2.74. The Labute approximate surface area is 72.4 Å². The molecule has 0 unspecified atom stereocenters. The van der Waals surface area contributed by atoms with E-state index in [1.165, 1.54) is 5.56 Å². The summed E-state index contributed by atoms with van der Waals surface area (Å²) in [5, 5.41) is 1.15. The Morgan fingerprint density at radius 2 is 2.08 bits per heavy atom. The standard InChI is InChI=1S/C9H10N2.CH4/c1-6-5-11-8-4-2-3-7(10)9(6)8;/h2-5,11H,10H2,1H3;1H4. The van der Waals surface area contributed by atoms with Gasteiger partial charge in [0.25, 0.3) is 0 Å². The molecule has 0 saturated heterocycles. The quantitative estimate of drug-likeness (QED) is 0.574. The van der Waals surface area contributed by atoms with Gasteiger partial charge in [0.05, 0.1) is 0 Å². The molecule has 2 heteroatoms. The monoisotopic (exact) mass is 162 g/mol. The molecule has 2 rings (SSSR count). The van der Waals surface area contributed by atoms with E-state index in [2.05, 4.69) is 11.9 Å². The second-order valence-electron chi connectivity index (χ2n) is 2.74. The molecule has 1 heterocycles. The molecule has 3 N–H and O–H groups in total. The maximum Gasteiger partial charge on any atom is 0.0477 e. The van der Waals surface area contributed by atoms with Crippen LogP contribution in [-0.4, -0.2) is 4.98 Å². The number of aromatic amines is 1. The van der Waals surface area contributed by atoms with Crippen LogP contribution in [0.25, 0.3) is 10.9 Å². The van der Waals surface area contributed by atoms with E-state index in [4.69, 9.17) is 5.73 Å². The maximum absolute atomic E-state index is 5.78. The van der Waals surface area contributed by atoms with Crippen molar-refractivity contribution >= 4 is 16.6 Å². The molecule has 12 heavy (non-hydrogen) atoms. The topological polar surface area (TPSA) is 41.8 Å². The minimum Gasteiger partial charge on any atom is -0.398 e. The Morgan fingerprint density at radius 1 is 1.33 bits per heavy atom. The first-order valence-electron chi connectivity index (χ1n) is 3.61. The number of H-pyrrole nitrogens is 1. The normalized spacial score (nSPS) is 9.75. The van der Waals surface area contributed by atoms with Gasteiger partial charge in [-0.1, -0.05) is 13.5 Å². The van der Waals surface area contributed by atoms with Gasteiger partial charge in [-0.25, -0.2) is 0 Å². The van der Waals surface area contributed by atoms with Gasteiger partial charge in [0, 0.05) is 22.8 Å². The lowest BCUT2D eigenvalue weighted by atomic mass is 10.1. The minimum atomic E-state index is 0. The van der Waals surface area contributed by atoms with E-state index < -0.39 is 0 Å². The van der Waals surface area contributed by atoms with E-state index in [0.717, 1.165) is 16.6 Å². The average Bonchev–Trinajstić information content (AvgIpc) is 2.34. The molecule has 0 fully saturated rings. The van der Waals surface area contributed by atoms with Gasteiger partial charge in [-0.3, -0.25) is 0 Å². The molecule has 0 spiro atoms. The number of nitrogens with one attached hydrogen (secondary N) is 1. The van der Waals surface area contributed by atoms with Gasteiger partial charge in [-0.2, -0.15) is 0 Å².